The zero-order valence-corrected chi connectivity index (χ0v) is 11.8. The Morgan fingerprint density at radius 1 is 1.06 bits per heavy atom. The van der Waals surface area contributed by atoms with Gasteiger partial charge in [0.1, 0.15) is 0 Å². The van der Waals surface area contributed by atoms with Crippen LogP contribution in [-0.4, -0.2) is 6.03 Å². The first kappa shape index (κ1) is 11.3. The molecule has 0 saturated heterocycles. The summed E-state index contributed by atoms with van der Waals surface area (Å²) in [5.41, 5.74) is 6.78. The van der Waals surface area contributed by atoms with E-state index in [4.69, 9.17) is 0 Å². The minimum absolute atomic E-state index is 0.111. The van der Waals surface area contributed by atoms with Crippen LogP contribution in [0.3, 0.4) is 0 Å². The van der Waals surface area contributed by atoms with Gasteiger partial charge in [0.15, 0.2) is 0 Å². The summed E-state index contributed by atoms with van der Waals surface area (Å²) in [6.07, 6.45) is 7.00. The van der Waals surface area contributed by atoms with Crippen LogP contribution < -0.4 is 8.85 Å². The zero-order chi connectivity index (χ0) is 11.8. The molecule has 17 heavy (non-hydrogen) atoms. The van der Waals surface area contributed by atoms with Crippen molar-refractivity contribution < 1.29 is 4.79 Å². The quantitative estimate of drug-likeness (QED) is 0.598. The molecule has 1 aromatic carbocycles. The molecule has 2 aliphatic carbocycles. The van der Waals surface area contributed by atoms with Crippen molar-refractivity contribution in [3.8, 4) is 0 Å². The molecular weight excluding hydrogens is 327 g/mol. The molecule has 0 aliphatic heterocycles. The summed E-state index contributed by atoms with van der Waals surface area (Å²) in [5, 5.41) is 3.03. The number of anilines is 1. The van der Waals surface area contributed by atoms with Gasteiger partial charge < -0.3 is 5.32 Å². The molecule has 90 valence electrons. The molecule has 0 fully saturated rings. The Kier molecular flexibility index (Phi) is 2.98. The van der Waals surface area contributed by atoms with Gasteiger partial charge in [-0.3, -0.25) is 3.53 Å². The number of amides is 2. The molecule has 1 aromatic rings. The monoisotopic (exact) mass is 342 g/mol. The lowest BCUT2D eigenvalue weighted by atomic mass is 9.99. The van der Waals surface area contributed by atoms with Crippen LogP contribution in [0.25, 0.3) is 0 Å². The standard InChI is InChI=1S/C13H15IN2O/c14-16-13(17)15-12-10-5-1-3-8(10)7-9-4-2-6-11(9)12/h7H,1-6H2,(H2,15,16,17). The van der Waals surface area contributed by atoms with Gasteiger partial charge in [-0.1, -0.05) is 6.07 Å². The summed E-state index contributed by atoms with van der Waals surface area (Å²) in [6.45, 7) is 0. The SMILES string of the molecule is O=C(NI)Nc1c2c(cc3c1CCC3)CCC2. The zero-order valence-electron chi connectivity index (χ0n) is 9.61. The van der Waals surface area contributed by atoms with Crippen LogP contribution in [0.5, 0.6) is 0 Å². The lowest BCUT2D eigenvalue weighted by Crippen LogP contribution is -2.21. The van der Waals surface area contributed by atoms with Crippen LogP contribution in [0.4, 0.5) is 10.5 Å². The van der Waals surface area contributed by atoms with Crippen molar-refractivity contribution in [2.24, 2.45) is 0 Å². The highest BCUT2D eigenvalue weighted by Gasteiger charge is 2.24. The third-order valence-electron chi connectivity index (χ3n) is 3.80. The van der Waals surface area contributed by atoms with Crippen LogP contribution in [0.1, 0.15) is 35.1 Å². The van der Waals surface area contributed by atoms with Gasteiger partial charge in [-0.25, -0.2) is 4.79 Å². The second-order valence-electron chi connectivity index (χ2n) is 4.78. The van der Waals surface area contributed by atoms with Crippen molar-refractivity contribution in [3.63, 3.8) is 0 Å². The van der Waals surface area contributed by atoms with Gasteiger partial charge in [-0.05, 0) is 60.8 Å². The molecule has 4 heteroatoms. The maximum atomic E-state index is 11.6. The molecule has 2 amide bonds. The second kappa shape index (κ2) is 4.48. The molecule has 3 nitrogen and oxygen atoms in total. The number of urea groups is 1. The molecule has 0 aromatic heterocycles. The van der Waals surface area contributed by atoms with E-state index in [1.54, 1.807) is 0 Å². The Labute approximate surface area is 115 Å². The smallest absolute Gasteiger partial charge is 0.307 e. The summed E-state index contributed by atoms with van der Waals surface area (Å²) in [7, 11) is 0. The van der Waals surface area contributed by atoms with Crippen LogP contribution in [0, 0.1) is 0 Å². The molecule has 2 N–H and O–H groups in total. The van der Waals surface area contributed by atoms with E-state index in [0.29, 0.717) is 0 Å². The minimum atomic E-state index is -0.111. The van der Waals surface area contributed by atoms with Crippen molar-refractivity contribution in [2.45, 2.75) is 38.5 Å². The van der Waals surface area contributed by atoms with Crippen LogP contribution in [0.15, 0.2) is 6.07 Å². The average Bonchev–Trinajstić information content (AvgIpc) is 2.96. The minimum Gasteiger partial charge on any atom is -0.307 e. The van der Waals surface area contributed by atoms with Gasteiger partial charge in [-0.15, -0.1) is 0 Å². The van der Waals surface area contributed by atoms with E-state index < -0.39 is 0 Å². The van der Waals surface area contributed by atoms with Gasteiger partial charge in [0.05, 0.1) is 22.9 Å². The average molecular weight is 342 g/mol. The number of fused-ring (bicyclic) bond motifs is 2. The largest absolute Gasteiger partial charge is 0.327 e. The number of halogens is 1. The molecule has 3 rings (SSSR count). The van der Waals surface area contributed by atoms with Crippen LogP contribution >= 0.6 is 22.9 Å². The number of nitrogens with one attached hydrogen (secondary N) is 2. The number of hydrogen-bond donors (Lipinski definition) is 2. The number of aryl methyl sites for hydroxylation is 2. The van der Waals surface area contributed by atoms with E-state index in [9.17, 15) is 4.79 Å². The number of rotatable bonds is 1. The Morgan fingerprint density at radius 2 is 1.65 bits per heavy atom. The normalized spacial score (nSPS) is 16.5. The Morgan fingerprint density at radius 3 is 2.18 bits per heavy atom. The highest BCUT2D eigenvalue weighted by molar-refractivity contribution is 14.1. The van der Waals surface area contributed by atoms with E-state index in [1.807, 2.05) is 22.9 Å². The van der Waals surface area contributed by atoms with E-state index in [1.165, 1.54) is 47.9 Å². The molecule has 0 heterocycles. The number of benzene rings is 1. The van der Waals surface area contributed by atoms with Crippen molar-refractivity contribution >= 4 is 34.6 Å². The summed E-state index contributed by atoms with van der Waals surface area (Å²) in [4.78, 5) is 11.6. The first-order valence-electron chi connectivity index (χ1n) is 6.13. The first-order chi connectivity index (χ1) is 8.29. The molecule has 0 bridgehead atoms. The predicted molar refractivity (Wildman–Crippen MR) is 76.7 cm³/mol. The van der Waals surface area contributed by atoms with Crippen LogP contribution in [0.2, 0.25) is 0 Å². The molecule has 0 saturated carbocycles. The van der Waals surface area contributed by atoms with Crippen molar-refractivity contribution in [1.82, 2.24) is 3.53 Å². The molecule has 0 atom stereocenters. The molecule has 0 radical (unpaired) electrons. The summed E-state index contributed by atoms with van der Waals surface area (Å²) in [6, 6.07) is 2.26. The van der Waals surface area contributed by atoms with Crippen LogP contribution in [-0.2, 0) is 25.7 Å². The fraction of sp³-hybridized carbons (Fsp3) is 0.462. The van der Waals surface area contributed by atoms with E-state index >= 15 is 0 Å². The molecule has 2 aliphatic rings. The van der Waals surface area contributed by atoms with E-state index in [-0.39, 0.29) is 6.03 Å². The number of carbonyl (C=O) groups excluding carboxylic acids is 1. The Hall–Kier alpha value is -0.780. The molecule has 0 spiro atoms. The summed E-state index contributed by atoms with van der Waals surface area (Å²) in [5.74, 6) is 0. The first-order valence-corrected chi connectivity index (χ1v) is 7.21. The third-order valence-corrected chi connectivity index (χ3v) is 4.29. The Balaban J connectivity index is 2.08. The lowest BCUT2D eigenvalue weighted by Gasteiger charge is -2.15. The van der Waals surface area contributed by atoms with Crippen molar-refractivity contribution in [1.29, 1.82) is 0 Å². The summed E-state index contributed by atoms with van der Waals surface area (Å²) >= 11 is 1.87. The fourth-order valence-corrected chi connectivity index (χ4v) is 3.24. The van der Waals surface area contributed by atoms with Gasteiger partial charge in [0, 0.05) is 5.69 Å². The topological polar surface area (TPSA) is 41.1 Å². The van der Waals surface area contributed by atoms with Crippen molar-refractivity contribution in [3.05, 3.63) is 28.3 Å². The van der Waals surface area contributed by atoms with E-state index in [2.05, 4.69) is 14.9 Å². The maximum absolute atomic E-state index is 11.6. The third kappa shape index (κ3) is 1.92. The summed E-state index contributed by atoms with van der Waals surface area (Å²) < 4.78 is 2.62. The number of hydrogen-bond acceptors (Lipinski definition) is 1. The fourth-order valence-electron chi connectivity index (χ4n) is 3.10. The predicted octanol–water partition coefficient (Wildman–Crippen LogP) is 3.14. The highest BCUT2D eigenvalue weighted by atomic mass is 127. The van der Waals surface area contributed by atoms with E-state index in [0.717, 1.165) is 18.5 Å². The maximum Gasteiger partial charge on any atom is 0.327 e. The second-order valence-corrected chi connectivity index (χ2v) is 5.32. The molecular formula is C13H15IN2O. The van der Waals surface area contributed by atoms with Crippen molar-refractivity contribution in [2.75, 3.05) is 5.32 Å². The lowest BCUT2D eigenvalue weighted by molar-refractivity contribution is 0.258. The highest BCUT2D eigenvalue weighted by Crippen LogP contribution is 2.38. The van der Waals surface area contributed by atoms with Gasteiger partial charge in [0.25, 0.3) is 0 Å². The van der Waals surface area contributed by atoms with Gasteiger partial charge >= 0.3 is 6.03 Å². The Bertz CT molecular complexity index is 453. The van der Waals surface area contributed by atoms with Gasteiger partial charge in [0.2, 0.25) is 0 Å². The number of carbonyl (C=O) groups is 1. The molecule has 0 unspecified atom stereocenters. The van der Waals surface area contributed by atoms with Gasteiger partial charge in [-0.2, -0.15) is 0 Å².